The maximum Gasteiger partial charge on any atom is 0.381 e. The fraction of sp³-hybridized carbons (Fsp3) is 0.692. The van der Waals surface area contributed by atoms with Crippen molar-refractivity contribution in [2.24, 2.45) is 5.41 Å². The van der Waals surface area contributed by atoms with Gasteiger partial charge in [-0.1, -0.05) is 13.8 Å². The van der Waals surface area contributed by atoms with Gasteiger partial charge in [0.05, 0.1) is 0 Å². The zero-order valence-corrected chi connectivity index (χ0v) is 12.4. The molecule has 0 aliphatic heterocycles. The Morgan fingerprint density at radius 3 is 2.86 bits per heavy atom. The van der Waals surface area contributed by atoms with Crippen molar-refractivity contribution in [3.05, 3.63) is 22.6 Å². The van der Waals surface area contributed by atoms with Gasteiger partial charge in [-0.3, -0.25) is 4.79 Å². The zero-order valence-electron chi connectivity index (χ0n) is 12.4. The van der Waals surface area contributed by atoms with E-state index in [-0.39, 0.29) is 30.2 Å². The molecule has 1 aromatic rings. The molecule has 21 heavy (non-hydrogen) atoms. The number of amides is 1. The SMILES string of the molecule is CC(C)(CCCO)CNC(=O)CCn1cnc([N+](=O)[O-])c1. The van der Waals surface area contributed by atoms with Gasteiger partial charge in [-0.15, -0.1) is 0 Å². The molecule has 0 saturated carbocycles. The number of aryl methyl sites for hydroxylation is 1. The molecule has 1 heterocycles. The van der Waals surface area contributed by atoms with Gasteiger partial charge in [0.2, 0.25) is 12.2 Å². The number of aromatic nitrogens is 2. The van der Waals surface area contributed by atoms with Crippen molar-refractivity contribution in [2.75, 3.05) is 13.2 Å². The Kier molecular flexibility index (Phi) is 6.29. The molecule has 1 amide bonds. The average Bonchev–Trinajstić information content (AvgIpc) is 2.90. The number of rotatable bonds is 9. The van der Waals surface area contributed by atoms with Crippen LogP contribution in [0.2, 0.25) is 0 Å². The standard InChI is InChI=1S/C13H22N4O4/c1-13(2,5-3-7-18)9-14-12(19)4-6-16-8-11(15-10-16)17(20)21/h8,10,18H,3-7,9H2,1-2H3,(H,14,19). The van der Waals surface area contributed by atoms with E-state index in [1.807, 2.05) is 13.8 Å². The van der Waals surface area contributed by atoms with Gasteiger partial charge >= 0.3 is 5.82 Å². The monoisotopic (exact) mass is 298 g/mol. The van der Waals surface area contributed by atoms with Gasteiger partial charge < -0.3 is 25.1 Å². The van der Waals surface area contributed by atoms with E-state index in [0.717, 1.165) is 6.42 Å². The Hall–Kier alpha value is -1.96. The van der Waals surface area contributed by atoms with Crippen molar-refractivity contribution >= 4 is 11.7 Å². The van der Waals surface area contributed by atoms with E-state index in [1.54, 1.807) is 0 Å². The highest BCUT2D eigenvalue weighted by Gasteiger charge is 2.18. The second-order valence-corrected chi connectivity index (χ2v) is 5.74. The number of nitro groups is 1. The molecule has 0 spiro atoms. The number of hydrogen-bond acceptors (Lipinski definition) is 5. The lowest BCUT2D eigenvalue weighted by molar-refractivity contribution is -0.389. The lowest BCUT2D eigenvalue weighted by atomic mass is 9.88. The fourth-order valence-corrected chi connectivity index (χ4v) is 1.87. The van der Waals surface area contributed by atoms with E-state index in [4.69, 9.17) is 5.11 Å². The van der Waals surface area contributed by atoms with Crippen molar-refractivity contribution < 1.29 is 14.8 Å². The molecular formula is C13H22N4O4. The minimum Gasteiger partial charge on any atom is -0.396 e. The molecule has 8 nitrogen and oxygen atoms in total. The van der Waals surface area contributed by atoms with Gasteiger partial charge in [0, 0.05) is 26.1 Å². The molecule has 0 bridgehead atoms. The van der Waals surface area contributed by atoms with Crippen LogP contribution < -0.4 is 5.32 Å². The van der Waals surface area contributed by atoms with Crippen LogP contribution >= 0.6 is 0 Å². The maximum absolute atomic E-state index is 11.7. The number of nitrogens with zero attached hydrogens (tertiary/aromatic N) is 3. The molecule has 8 heteroatoms. The van der Waals surface area contributed by atoms with Crippen LogP contribution in [0.4, 0.5) is 5.82 Å². The van der Waals surface area contributed by atoms with E-state index in [1.165, 1.54) is 17.1 Å². The summed E-state index contributed by atoms with van der Waals surface area (Å²) < 4.78 is 1.52. The molecule has 0 aliphatic rings. The quantitative estimate of drug-likeness (QED) is 0.524. The van der Waals surface area contributed by atoms with E-state index >= 15 is 0 Å². The number of aliphatic hydroxyl groups is 1. The topological polar surface area (TPSA) is 110 Å². The fourth-order valence-electron chi connectivity index (χ4n) is 1.87. The molecular weight excluding hydrogens is 276 g/mol. The molecule has 0 saturated heterocycles. The van der Waals surface area contributed by atoms with E-state index in [2.05, 4.69) is 10.3 Å². The third-order valence-corrected chi connectivity index (χ3v) is 3.18. The second kappa shape index (κ2) is 7.72. The third kappa shape index (κ3) is 6.35. The zero-order chi connectivity index (χ0) is 15.9. The first-order valence-corrected chi connectivity index (χ1v) is 6.88. The number of aliphatic hydroxyl groups excluding tert-OH is 1. The number of imidazole rings is 1. The maximum atomic E-state index is 11.7. The Morgan fingerprint density at radius 2 is 2.29 bits per heavy atom. The third-order valence-electron chi connectivity index (χ3n) is 3.18. The predicted octanol–water partition coefficient (Wildman–Crippen LogP) is 1.10. The molecule has 0 fully saturated rings. The van der Waals surface area contributed by atoms with Gasteiger partial charge in [0.1, 0.15) is 6.20 Å². The Morgan fingerprint density at radius 1 is 1.57 bits per heavy atom. The van der Waals surface area contributed by atoms with Crippen LogP contribution in [0, 0.1) is 15.5 Å². The summed E-state index contributed by atoms with van der Waals surface area (Å²) in [5.41, 5.74) is -0.0633. The van der Waals surface area contributed by atoms with Crippen molar-refractivity contribution in [3.63, 3.8) is 0 Å². The molecule has 0 atom stereocenters. The van der Waals surface area contributed by atoms with Gasteiger partial charge in [-0.25, -0.2) is 0 Å². The number of carbonyl (C=O) groups is 1. The Bertz CT molecular complexity index is 484. The smallest absolute Gasteiger partial charge is 0.381 e. The molecule has 1 aromatic heterocycles. The van der Waals surface area contributed by atoms with Crippen molar-refractivity contribution in [1.82, 2.24) is 14.9 Å². The van der Waals surface area contributed by atoms with Gasteiger partial charge in [0.15, 0.2) is 0 Å². The van der Waals surface area contributed by atoms with Crippen LogP contribution in [0.1, 0.15) is 33.1 Å². The highest BCUT2D eigenvalue weighted by atomic mass is 16.6. The molecule has 0 unspecified atom stereocenters. The molecule has 0 radical (unpaired) electrons. The summed E-state index contributed by atoms with van der Waals surface area (Å²) in [6.07, 6.45) is 4.43. The molecule has 1 rings (SSSR count). The largest absolute Gasteiger partial charge is 0.396 e. The first-order chi connectivity index (χ1) is 9.84. The van der Waals surface area contributed by atoms with Crippen LogP contribution in [0.15, 0.2) is 12.5 Å². The van der Waals surface area contributed by atoms with Crippen LogP contribution in [0.25, 0.3) is 0 Å². The van der Waals surface area contributed by atoms with Crippen LogP contribution in [0.3, 0.4) is 0 Å². The summed E-state index contributed by atoms with van der Waals surface area (Å²) in [6, 6.07) is 0. The van der Waals surface area contributed by atoms with Crippen LogP contribution in [-0.4, -0.2) is 38.6 Å². The summed E-state index contributed by atoms with van der Waals surface area (Å²) in [4.78, 5) is 25.3. The first-order valence-electron chi connectivity index (χ1n) is 6.88. The van der Waals surface area contributed by atoms with Gasteiger partial charge in [-0.2, -0.15) is 0 Å². The summed E-state index contributed by atoms with van der Waals surface area (Å²) >= 11 is 0. The van der Waals surface area contributed by atoms with Crippen molar-refractivity contribution in [3.8, 4) is 0 Å². The summed E-state index contributed by atoms with van der Waals surface area (Å²) in [7, 11) is 0. The minimum atomic E-state index is -0.569. The number of nitrogens with one attached hydrogen (secondary N) is 1. The van der Waals surface area contributed by atoms with E-state index in [0.29, 0.717) is 19.5 Å². The first kappa shape index (κ1) is 17.1. The second-order valence-electron chi connectivity index (χ2n) is 5.74. The summed E-state index contributed by atoms with van der Waals surface area (Å²) in [5.74, 6) is -0.330. The van der Waals surface area contributed by atoms with Gasteiger partial charge in [-0.05, 0) is 28.2 Å². The lowest BCUT2D eigenvalue weighted by Gasteiger charge is -2.24. The molecule has 2 N–H and O–H groups in total. The Labute approximate surface area is 123 Å². The molecule has 0 aromatic carbocycles. The predicted molar refractivity (Wildman–Crippen MR) is 76.6 cm³/mol. The molecule has 118 valence electrons. The lowest BCUT2D eigenvalue weighted by Crippen LogP contribution is -2.34. The minimum absolute atomic E-state index is 0.0633. The van der Waals surface area contributed by atoms with Crippen molar-refractivity contribution in [2.45, 2.75) is 39.7 Å². The average molecular weight is 298 g/mol. The summed E-state index contributed by atoms with van der Waals surface area (Å²) in [6.45, 7) is 5.10. The highest BCUT2D eigenvalue weighted by Crippen LogP contribution is 2.20. The Balaban J connectivity index is 2.32. The highest BCUT2D eigenvalue weighted by molar-refractivity contribution is 5.75. The van der Waals surface area contributed by atoms with Crippen molar-refractivity contribution in [1.29, 1.82) is 0 Å². The van der Waals surface area contributed by atoms with Crippen LogP contribution in [-0.2, 0) is 11.3 Å². The van der Waals surface area contributed by atoms with Gasteiger partial charge in [0.25, 0.3) is 0 Å². The van der Waals surface area contributed by atoms with Crippen LogP contribution in [0.5, 0.6) is 0 Å². The molecule has 0 aliphatic carbocycles. The van der Waals surface area contributed by atoms with E-state index in [9.17, 15) is 14.9 Å². The number of hydrogen-bond donors (Lipinski definition) is 2. The van der Waals surface area contributed by atoms with E-state index < -0.39 is 4.92 Å². The summed E-state index contributed by atoms with van der Waals surface area (Å²) in [5, 5.41) is 22.1. The number of carbonyl (C=O) groups excluding carboxylic acids is 1. The normalized spacial score (nSPS) is 11.4.